The van der Waals surface area contributed by atoms with Crippen molar-refractivity contribution in [2.24, 2.45) is 0 Å². The van der Waals surface area contributed by atoms with Crippen molar-refractivity contribution >= 4 is 23.4 Å². The third kappa shape index (κ3) is 3.53. The molecule has 0 aliphatic carbocycles. The summed E-state index contributed by atoms with van der Waals surface area (Å²) in [6, 6.07) is 13.2. The van der Waals surface area contributed by atoms with Crippen LogP contribution in [-0.4, -0.2) is 77.4 Å². The molecule has 0 bridgehead atoms. The summed E-state index contributed by atoms with van der Waals surface area (Å²) >= 11 is 0. The van der Waals surface area contributed by atoms with E-state index in [1.165, 1.54) is 6.26 Å². The van der Waals surface area contributed by atoms with Gasteiger partial charge in [0.15, 0.2) is 5.76 Å². The maximum atomic E-state index is 13.7. The van der Waals surface area contributed by atoms with Crippen LogP contribution in [0.5, 0.6) is 0 Å². The lowest BCUT2D eigenvalue weighted by Gasteiger charge is -2.43. The van der Waals surface area contributed by atoms with Crippen molar-refractivity contribution in [3.05, 3.63) is 54.5 Å². The van der Waals surface area contributed by atoms with Crippen LogP contribution >= 0.6 is 0 Å². The number of furan rings is 1. The molecule has 3 saturated heterocycles. The monoisotopic (exact) mass is 436 g/mol. The van der Waals surface area contributed by atoms with Crippen molar-refractivity contribution in [3.63, 3.8) is 0 Å². The number of anilines is 1. The first kappa shape index (κ1) is 20.6. The highest BCUT2D eigenvalue weighted by molar-refractivity contribution is 5.97. The first-order chi connectivity index (χ1) is 15.6. The quantitative estimate of drug-likeness (QED) is 0.734. The molecule has 3 fully saturated rings. The Bertz CT molecular complexity index is 977. The van der Waals surface area contributed by atoms with Gasteiger partial charge >= 0.3 is 0 Å². The molecule has 4 heterocycles. The predicted octanol–water partition coefficient (Wildman–Crippen LogP) is 2.18. The number of hydrogen-bond acceptors (Lipinski definition) is 5. The summed E-state index contributed by atoms with van der Waals surface area (Å²) in [6.07, 6.45) is 4.58. The molecule has 32 heavy (non-hydrogen) atoms. The molecular weight excluding hydrogens is 408 g/mol. The van der Waals surface area contributed by atoms with Crippen molar-refractivity contribution in [2.45, 2.75) is 31.2 Å². The number of para-hydroxylation sites is 1. The molecule has 5 rings (SSSR count). The van der Waals surface area contributed by atoms with Crippen LogP contribution in [-0.2, 0) is 9.59 Å². The molecule has 8 nitrogen and oxygen atoms in total. The fourth-order valence-corrected chi connectivity index (χ4v) is 5.19. The Hall–Kier alpha value is -3.29. The molecular formula is C24H28N4O4. The third-order valence-electron chi connectivity index (χ3n) is 6.98. The van der Waals surface area contributed by atoms with Gasteiger partial charge in [0.2, 0.25) is 5.91 Å². The fourth-order valence-electron chi connectivity index (χ4n) is 5.19. The maximum Gasteiger partial charge on any atom is 0.289 e. The van der Waals surface area contributed by atoms with E-state index in [1.54, 1.807) is 21.9 Å². The number of benzene rings is 1. The molecule has 168 valence electrons. The molecule has 1 spiro atoms. The van der Waals surface area contributed by atoms with Gasteiger partial charge < -0.3 is 24.0 Å². The van der Waals surface area contributed by atoms with Gasteiger partial charge in [-0.05, 0) is 49.9 Å². The molecule has 3 amide bonds. The minimum atomic E-state index is -0.743. The van der Waals surface area contributed by atoms with Crippen LogP contribution in [0.25, 0.3) is 0 Å². The number of likely N-dealkylation sites (tertiary alicyclic amines) is 2. The van der Waals surface area contributed by atoms with E-state index in [0.717, 1.165) is 31.6 Å². The molecule has 0 N–H and O–H groups in total. The molecule has 0 saturated carbocycles. The fraction of sp³-hybridized carbons (Fsp3) is 0.458. The second kappa shape index (κ2) is 8.33. The normalized spacial score (nSPS) is 20.4. The van der Waals surface area contributed by atoms with Crippen LogP contribution in [0.3, 0.4) is 0 Å². The van der Waals surface area contributed by atoms with Crippen LogP contribution in [0.15, 0.2) is 53.1 Å². The van der Waals surface area contributed by atoms with E-state index in [1.807, 2.05) is 35.2 Å². The van der Waals surface area contributed by atoms with Crippen molar-refractivity contribution in [3.8, 4) is 0 Å². The highest BCUT2D eigenvalue weighted by Gasteiger charge is 2.54. The Morgan fingerprint density at radius 1 is 0.906 bits per heavy atom. The van der Waals surface area contributed by atoms with E-state index in [2.05, 4.69) is 4.90 Å². The Morgan fingerprint density at radius 2 is 1.62 bits per heavy atom. The van der Waals surface area contributed by atoms with Gasteiger partial charge in [0, 0.05) is 31.9 Å². The molecule has 2 aromatic rings. The molecule has 0 unspecified atom stereocenters. The van der Waals surface area contributed by atoms with Gasteiger partial charge in [-0.3, -0.25) is 14.4 Å². The smallest absolute Gasteiger partial charge is 0.289 e. The number of amides is 3. The molecule has 0 radical (unpaired) electrons. The average molecular weight is 437 g/mol. The summed E-state index contributed by atoms with van der Waals surface area (Å²) in [6.45, 7) is 2.97. The number of carbonyl (C=O) groups excluding carboxylic acids is 3. The van der Waals surface area contributed by atoms with Crippen molar-refractivity contribution in [1.29, 1.82) is 0 Å². The molecule has 8 heteroatoms. The molecule has 3 aliphatic heterocycles. The van der Waals surface area contributed by atoms with E-state index in [0.29, 0.717) is 38.4 Å². The first-order valence-corrected chi connectivity index (χ1v) is 11.3. The van der Waals surface area contributed by atoms with Crippen molar-refractivity contribution in [2.75, 3.05) is 44.3 Å². The summed E-state index contributed by atoms with van der Waals surface area (Å²) in [4.78, 5) is 46.6. The topological polar surface area (TPSA) is 77.3 Å². The lowest BCUT2D eigenvalue weighted by atomic mass is 9.85. The number of rotatable bonds is 4. The van der Waals surface area contributed by atoms with Crippen LogP contribution < -0.4 is 4.90 Å². The zero-order chi connectivity index (χ0) is 22.1. The summed E-state index contributed by atoms with van der Waals surface area (Å²) in [7, 11) is 0. The predicted molar refractivity (Wildman–Crippen MR) is 118 cm³/mol. The number of carbonyl (C=O) groups is 3. The van der Waals surface area contributed by atoms with Crippen molar-refractivity contribution < 1.29 is 18.8 Å². The number of nitrogens with zero attached hydrogens (tertiary/aromatic N) is 4. The largest absolute Gasteiger partial charge is 0.459 e. The standard InChI is InChI=1S/C24H28N4O4/c29-21(25-12-4-5-13-25)17-27-18-28(19-7-2-1-3-8-19)24(23(27)31)10-14-26(15-11-24)22(30)20-9-6-16-32-20/h1-3,6-9,16H,4-5,10-15,17-18H2. The number of piperidine rings is 1. The summed E-state index contributed by atoms with van der Waals surface area (Å²) in [5.74, 6) is 0.171. The van der Waals surface area contributed by atoms with Crippen LogP contribution in [0.1, 0.15) is 36.2 Å². The SMILES string of the molecule is O=C(CN1CN(c2ccccc2)C2(CCN(C(=O)c3ccco3)CC2)C1=O)N1CCCC1. The molecule has 1 aromatic carbocycles. The van der Waals surface area contributed by atoms with E-state index in [4.69, 9.17) is 4.42 Å². The summed E-state index contributed by atoms with van der Waals surface area (Å²) < 4.78 is 5.27. The van der Waals surface area contributed by atoms with Gasteiger partial charge in [0.25, 0.3) is 11.8 Å². The van der Waals surface area contributed by atoms with E-state index in [-0.39, 0.29) is 24.3 Å². The highest BCUT2D eigenvalue weighted by atomic mass is 16.3. The lowest BCUT2D eigenvalue weighted by Crippen LogP contribution is -2.57. The molecule has 0 atom stereocenters. The average Bonchev–Trinajstić information content (AvgIpc) is 3.59. The number of hydrogen-bond donors (Lipinski definition) is 0. The van der Waals surface area contributed by atoms with Gasteiger partial charge in [-0.2, -0.15) is 0 Å². The van der Waals surface area contributed by atoms with Gasteiger partial charge in [-0.25, -0.2) is 0 Å². The Morgan fingerprint density at radius 3 is 2.28 bits per heavy atom. The Balaban J connectivity index is 1.36. The highest BCUT2D eigenvalue weighted by Crippen LogP contribution is 2.39. The zero-order valence-electron chi connectivity index (χ0n) is 18.1. The van der Waals surface area contributed by atoms with Gasteiger partial charge in [-0.1, -0.05) is 18.2 Å². The molecule has 1 aromatic heterocycles. The van der Waals surface area contributed by atoms with E-state index < -0.39 is 5.54 Å². The van der Waals surface area contributed by atoms with Crippen LogP contribution in [0.2, 0.25) is 0 Å². The van der Waals surface area contributed by atoms with Gasteiger partial charge in [0.1, 0.15) is 12.1 Å². The second-order valence-electron chi connectivity index (χ2n) is 8.80. The minimum Gasteiger partial charge on any atom is -0.459 e. The zero-order valence-corrected chi connectivity index (χ0v) is 18.1. The van der Waals surface area contributed by atoms with E-state index >= 15 is 0 Å². The first-order valence-electron chi connectivity index (χ1n) is 11.3. The Kier molecular flexibility index (Phi) is 5.36. The summed E-state index contributed by atoms with van der Waals surface area (Å²) in [5.41, 5.74) is 0.217. The Labute approximate surface area is 187 Å². The minimum absolute atomic E-state index is 0.0148. The van der Waals surface area contributed by atoms with Gasteiger partial charge in [-0.15, -0.1) is 0 Å². The third-order valence-corrected chi connectivity index (χ3v) is 6.98. The molecule has 3 aliphatic rings. The maximum absolute atomic E-state index is 13.7. The summed E-state index contributed by atoms with van der Waals surface area (Å²) in [5, 5.41) is 0. The van der Waals surface area contributed by atoms with Crippen molar-refractivity contribution in [1.82, 2.24) is 14.7 Å². The lowest BCUT2D eigenvalue weighted by molar-refractivity contribution is -0.140. The van der Waals surface area contributed by atoms with Gasteiger partial charge in [0.05, 0.1) is 12.9 Å². The second-order valence-corrected chi connectivity index (χ2v) is 8.80. The van der Waals surface area contributed by atoms with Crippen LogP contribution in [0.4, 0.5) is 5.69 Å². The van der Waals surface area contributed by atoms with E-state index in [9.17, 15) is 14.4 Å². The van der Waals surface area contributed by atoms with Crippen LogP contribution in [0, 0.1) is 0 Å².